The molecule has 8 nitrogen and oxygen atoms in total. The van der Waals surface area contributed by atoms with Crippen molar-refractivity contribution in [3.63, 3.8) is 0 Å². The Hall–Kier alpha value is -3.55. The van der Waals surface area contributed by atoms with E-state index in [9.17, 15) is 19.7 Å². The predicted molar refractivity (Wildman–Crippen MR) is 114 cm³/mol. The van der Waals surface area contributed by atoms with Gasteiger partial charge >= 0.3 is 0 Å². The number of hydrogen-bond donors (Lipinski definition) is 1. The van der Waals surface area contributed by atoms with Crippen LogP contribution in [0.25, 0.3) is 0 Å². The van der Waals surface area contributed by atoms with E-state index in [-0.39, 0.29) is 17.1 Å². The van der Waals surface area contributed by atoms with Gasteiger partial charge in [-0.05, 0) is 30.3 Å². The van der Waals surface area contributed by atoms with Crippen LogP contribution in [0.5, 0.6) is 0 Å². The van der Waals surface area contributed by atoms with Crippen LogP contribution in [0.4, 0.5) is 22.7 Å². The van der Waals surface area contributed by atoms with Gasteiger partial charge in [-0.3, -0.25) is 19.7 Å². The van der Waals surface area contributed by atoms with Crippen LogP contribution in [0.3, 0.4) is 0 Å². The number of rotatable bonds is 6. The molecule has 0 unspecified atom stereocenters. The molecule has 1 N–H and O–H groups in total. The Balaban J connectivity index is 2.39. The summed E-state index contributed by atoms with van der Waals surface area (Å²) in [7, 11) is 3.80. The second-order valence-electron chi connectivity index (χ2n) is 7.71. The highest BCUT2D eigenvalue weighted by Crippen LogP contribution is 2.23. The number of nitro benzene ring substituents is 1. The number of hydrogen-bond acceptors (Lipinski definition) is 6. The normalized spacial score (nSPS) is 11.7. The lowest BCUT2D eigenvalue weighted by Gasteiger charge is -2.18. The van der Waals surface area contributed by atoms with Gasteiger partial charge in [0.25, 0.3) is 11.6 Å². The van der Waals surface area contributed by atoms with E-state index in [0.29, 0.717) is 5.69 Å². The second-order valence-corrected chi connectivity index (χ2v) is 7.71. The number of amides is 1. The maximum Gasteiger partial charge on any atom is 0.278 e. The summed E-state index contributed by atoms with van der Waals surface area (Å²) in [4.78, 5) is 42.2. The number of nitrogens with zero attached hydrogens (tertiary/aromatic N) is 3. The zero-order chi connectivity index (χ0) is 21.8. The van der Waals surface area contributed by atoms with Crippen LogP contribution in [0.15, 0.2) is 53.5 Å². The molecular formula is C21H24N4O4. The Morgan fingerprint density at radius 3 is 2.21 bits per heavy atom. The molecule has 0 bridgehead atoms. The van der Waals surface area contributed by atoms with Crippen molar-refractivity contribution >= 4 is 40.2 Å². The predicted octanol–water partition coefficient (Wildman–Crippen LogP) is 3.99. The number of carbonyl (C=O) groups excluding carboxylic acids is 2. The SMILES string of the molecule is CN(C)c1ccc(N=C(C(=O)Nc2cccc([N+](=O)[O-])c2)C(=O)C(C)(C)C)cc1. The molecule has 0 aliphatic carbocycles. The van der Waals surface area contributed by atoms with Crippen molar-refractivity contribution in [3.05, 3.63) is 58.6 Å². The van der Waals surface area contributed by atoms with E-state index < -0.39 is 22.0 Å². The zero-order valence-corrected chi connectivity index (χ0v) is 17.1. The first kappa shape index (κ1) is 21.7. The fourth-order valence-corrected chi connectivity index (χ4v) is 2.40. The lowest BCUT2D eigenvalue weighted by atomic mass is 9.87. The second kappa shape index (κ2) is 8.64. The molecule has 2 aromatic carbocycles. The van der Waals surface area contributed by atoms with Crippen LogP contribution >= 0.6 is 0 Å². The lowest BCUT2D eigenvalue weighted by Crippen LogP contribution is -2.37. The molecule has 8 heteroatoms. The van der Waals surface area contributed by atoms with Gasteiger partial charge in [-0.2, -0.15) is 0 Å². The third-order valence-electron chi connectivity index (χ3n) is 4.03. The van der Waals surface area contributed by atoms with Crippen molar-refractivity contribution in [2.45, 2.75) is 20.8 Å². The van der Waals surface area contributed by atoms with Gasteiger partial charge < -0.3 is 10.2 Å². The van der Waals surface area contributed by atoms with E-state index in [2.05, 4.69) is 10.3 Å². The molecule has 0 heterocycles. The van der Waals surface area contributed by atoms with Crippen LogP contribution in [0.2, 0.25) is 0 Å². The van der Waals surface area contributed by atoms with Crippen molar-refractivity contribution in [2.24, 2.45) is 10.4 Å². The summed E-state index contributed by atoms with van der Waals surface area (Å²) in [5.41, 5.74) is 0.361. The van der Waals surface area contributed by atoms with Crippen LogP contribution < -0.4 is 10.2 Å². The maximum atomic E-state index is 12.8. The van der Waals surface area contributed by atoms with Gasteiger partial charge in [-0.15, -0.1) is 0 Å². The standard InChI is InChI=1S/C21H24N4O4/c1-21(2,3)19(26)18(22-14-9-11-16(12-10-14)24(4)5)20(27)23-15-7-6-8-17(13-15)25(28)29/h6-13H,1-5H3,(H,23,27). The fourth-order valence-electron chi connectivity index (χ4n) is 2.40. The van der Waals surface area contributed by atoms with Crippen molar-refractivity contribution in [1.29, 1.82) is 0 Å². The Kier molecular flexibility index (Phi) is 6.48. The molecule has 0 radical (unpaired) electrons. The molecule has 1 amide bonds. The van der Waals surface area contributed by atoms with Crippen molar-refractivity contribution in [1.82, 2.24) is 0 Å². The molecule has 29 heavy (non-hydrogen) atoms. The highest BCUT2D eigenvalue weighted by molar-refractivity contribution is 6.68. The first-order valence-corrected chi connectivity index (χ1v) is 8.95. The average Bonchev–Trinajstić information content (AvgIpc) is 2.65. The monoisotopic (exact) mass is 396 g/mol. The van der Waals surface area contributed by atoms with Gasteiger partial charge in [-0.1, -0.05) is 26.8 Å². The van der Waals surface area contributed by atoms with Crippen molar-refractivity contribution < 1.29 is 14.5 Å². The third-order valence-corrected chi connectivity index (χ3v) is 4.03. The number of aliphatic imine (C=N–C) groups is 1. The summed E-state index contributed by atoms with van der Waals surface area (Å²) in [5, 5.41) is 13.5. The van der Waals surface area contributed by atoms with Crippen LogP contribution in [0, 0.1) is 15.5 Å². The van der Waals surface area contributed by atoms with Gasteiger partial charge in [0.15, 0.2) is 11.5 Å². The third kappa shape index (κ3) is 5.71. The molecule has 0 spiro atoms. The van der Waals surface area contributed by atoms with Crippen molar-refractivity contribution in [3.8, 4) is 0 Å². The Labute approximate surface area is 169 Å². The average molecular weight is 396 g/mol. The van der Waals surface area contributed by atoms with Gasteiger partial charge in [-0.25, -0.2) is 4.99 Å². The minimum Gasteiger partial charge on any atom is -0.378 e. The van der Waals surface area contributed by atoms with E-state index in [0.717, 1.165) is 5.69 Å². The number of nitrogens with one attached hydrogen (secondary N) is 1. The van der Waals surface area contributed by atoms with Gasteiger partial charge in [0.05, 0.1) is 10.6 Å². The number of non-ortho nitro benzene ring substituents is 1. The Morgan fingerprint density at radius 1 is 1.07 bits per heavy atom. The van der Waals surface area contributed by atoms with Gasteiger partial charge in [0.2, 0.25) is 0 Å². The molecule has 0 aliphatic heterocycles. The Morgan fingerprint density at radius 2 is 1.69 bits per heavy atom. The highest BCUT2D eigenvalue weighted by Gasteiger charge is 2.31. The number of anilines is 2. The van der Waals surface area contributed by atoms with Crippen LogP contribution in [0.1, 0.15) is 20.8 Å². The summed E-state index contributed by atoms with van der Waals surface area (Å²) >= 11 is 0. The van der Waals surface area contributed by atoms with E-state index in [1.807, 2.05) is 31.1 Å². The quantitative estimate of drug-likeness (QED) is 0.344. The fraction of sp³-hybridized carbons (Fsp3) is 0.286. The van der Waals surface area contributed by atoms with Crippen LogP contribution in [-0.2, 0) is 9.59 Å². The number of ketones is 1. The minimum absolute atomic E-state index is 0.164. The van der Waals surface area contributed by atoms with E-state index in [1.54, 1.807) is 32.9 Å². The summed E-state index contributed by atoms with van der Waals surface area (Å²) in [6.07, 6.45) is 0. The first-order valence-electron chi connectivity index (χ1n) is 8.95. The molecule has 0 saturated carbocycles. The molecule has 0 saturated heterocycles. The largest absolute Gasteiger partial charge is 0.378 e. The molecule has 0 aromatic heterocycles. The molecule has 152 valence electrons. The molecule has 0 aliphatic rings. The van der Waals surface area contributed by atoms with Gasteiger partial charge in [0.1, 0.15) is 0 Å². The first-order chi connectivity index (χ1) is 13.5. The summed E-state index contributed by atoms with van der Waals surface area (Å²) < 4.78 is 0. The number of carbonyl (C=O) groups is 2. The van der Waals surface area contributed by atoms with Gasteiger partial charge in [0, 0.05) is 43.0 Å². The zero-order valence-electron chi connectivity index (χ0n) is 17.1. The number of nitro groups is 1. The van der Waals surface area contributed by atoms with E-state index in [1.165, 1.54) is 24.3 Å². The van der Waals surface area contributed by atoms with E-state index >= 15 is 0 Å². The molecule has 2 aromatic rings. The smallest absolute Gasteiger partial charge is 0.278 e. The maximum absolute atomic E-state index is 12.8. The lowest BCUT2D eigenvalue weighted by molar-refractivity contribution is -0.384. The summed E-state index contributed by atoms with van der Waals surface area (Å²) in [5.74, 6) is -1.15. The molecule has 0 atom stereocenters. The molecular weight excluding hydrogens is 372 g/mol. The number of Topliss-reactive ketones (excluding diaryl/α,β-unsaturated/α-hetero) is 1. The Bertz CT molecular complexity index is 957. The number of benzene rings is 2. The van der Waals surface area contributed by atoms with Crippen LogP contribution in [-0.4, -0.2) is 36.4 Å². The topological polar surface area (TPSA) is 105 Å². The highest BCUT2D eigenvalue weighted by atomic mass is 16.6. The minimum atomic E-state index is -0.831. The van der Waals surface area contributed by atoms with Crippen molar-refractivity contribution in [2.75, 3.05) is 24.3 Å². The summed E-state index contributed by atoms with van der Waals surface area (Å²) in [6, 6.07) is 12.6. The molecule has 0 fully saturated rings. The summed E-state index contributed by atoms with van der Waals surface area (Å²) in [6.45, 7) is 5.09. The van der Waals surface area contributed by atoms with E-state index in [4.69, 9.17) is 0 Å². The molecule has 2 rings (SSSR count).